The lowest BCUT2D eigenvalue weighted by atomic mass is 9.86. The van der Waals surface area contributed by atoms with Crippen LogP contribution in [-0.2, 0) is 14.4 Å². The summed E-state index contributed by atoms with van der Waals surface area (Å²) in [6.45, 7) is 0. The Kier molecular flexibility index (Phi) is 2.19. The van der Waals surface area contributed by atoms with Crippen molar-refractivity contribution < 1.29 is 14.4 Å². The molecule has 86 valence electrons. The van der Waals surface area contributed by atoms with Gasteiger partial charge in [-0.25, -0.2) is 0 Å². The van der Waals surface area contributed by atoms with Gasteiger partial charge in [-0.2, -0.15) is 0 Å². The van der Waals surface area contributed by atoms with Gasteiger partial charge in [0, 0.05) is 12.1 Å². The zero-order chi connectivity index (χ0) is 11.3. The molecule has 5 heteroatoms. The molecule has 1 heterocycles. The van der Waals surface area contributed by atoms with Gasteiger partial charge in [0.15, 0.2) is 0 Å². The van der Waals surface area contributed by atoms with Crippen molar-refractivity contribution in [2.75, 3.05) is 0 Å². The largest absolute Gasteiger partial charge is 0.301 e. The molecule has 3 fully saturated rings. The van der Waals surface area contributed by atoms with E-state index in [1.54, 1.807) is 0 Å². The van der Waals surface area contributed by atoms with Crippen molar-refractivity contribution in [2.24, 2.45) is 0 Å². The molecule has 5 nitrogen and oxygen atoms in total. The van der Waals surface area contributed by atoms with Crippen LogP contribution in [0.3, 0.4) is 0 Å². The van der Waals surface area contributed by atoms with Crippen LogP contribution in [0.15, 0.2) is 0 Å². The number of hydrogen-bond acceptors (Lipinski definition) is 5. The smallest absolute Gasteiger partial charge is 0.267 e. The molecule has 1 aliphatic heterocycles. The third-order valence-electron chi connectivity index (χ3n) is 3.90. The number of carbonyl (C=O) groups excluding carboxylic acids is 3. The van der Waals surface area contributed by atoms with E-state index < -0.39 is 29.4 Å². The van der Waals surface area contributed by atoms with Gasteiger partial charge in [0.25, 0.3) is 5.78 Å². The molecule has 3 rings (SSSR count). The van der Waals surface area contributed by atoms with Crippen LogP contribution in [0, 0.1) is 0 Å². The fourth-order valence-electron chi connectivity index (χ4n) is 3.04. The third-order valence-corrected chi connectivity index (χ3v) is 3.90. The molecule has 0 spiro atoms. The lowest BCUT2D eigenvalue weighted by Gasteiger charge is -2.41. The molecule has 2 aliphatic carbocycles. The van der Waals surface area contributed by atoms with Gasteiger partial charge in [-0.05, 0) is 12.8 Å². The first kappa shape index (κ1) is 10.1. The van der Waals surface area contributed by atoms with E-state index in [1.807, 2.05) is 0 Å². The van der Waals surface area contributed by atoms with Crippen molar-refractivity contribution in [1.82, 2.24) is 10.6 Å². The predicted octanol–water partition coefficient (Wildman–Crippen LogP) is -1.05. The summed E-state index contributed by atoms with van der Waals surface area (Å²) in [5, 5.41) is 6.35. The number of fused-ring (bicyclic) bond motifs is 2. The normalized spacial score (nSPS) is 43.1. The van der Waals surface area contributed by atoms with E-state index in [0.29, 0.717) is 0 Å². The second kappa shape index (κ2) is 3.46. The molecule has 0 aromatic heterocycles. The zero-order valence-corrected chi connectivity index (χ0v) is 8.86. The topological polar surface area (TPSA) is 75.3 Å². The Morgan fingerprint density at radius 1 is 0.812 bits per heavy atom. The first-order valence-electron chi connectivity index (χ1n) is 5.83. The highest BCUT2D eigenvalue weighted by atomic mass is 16.2. The van der Waals surface area contributed by atoms with Gasteiger partial charge in [0.1, 0.15) is 0 Å². The highest BCUT2D eigenvalue weighted by Gasteiger charge is 2.53. The molecule has 4 unspecified atom stereocenters. The summed E-state index contributed by atoms with van der Waals surface area (Å²) >= 11 is 0. The van der Waals surface area contributed by atoms with Crippen LogP contribution in [0.25, 0.3) is 0 Å². The molecular weight excluding hydrogens is 208 g/mol. The van der Waals surface area contributed by atoms with Gasteiger partial charge in [-0.3, -0.25) is 14.4 Å². The number of ketones is 3. The fraction of sp³-hybridized carbons (Fsp3) is 0.727. The SMILES string of the molecule is O=C1C(=O)C2NC3CCCCC3NC2C1=O. The molecule has 0 aromatic rings. The average molecular weight is 222 g/mol. The maximum atomic E-state index is 11.6. The lowest BCUT2D eigenvalue weighted by Crippen LogP contribution is -2.67. The predicted molar refractivity (Wildman–Crippen MR) is 54.9 cm³/mol. The monoisotopic (exact) mass is 222 g/mol. The summed E-state index contributed by atoms with van der Waals surface area (Å²) in [5.41, 5.74) is 0. The Balaban J connectivity index is 1.86. The van der Waals surface area contributed by atoms with Crippen molar-refractivity contribution in [3.8, 4) is 0 Å². The maximum absolute atomic E-state index is 11.6. The molecule has 0 radical (unpaired) electrons. The van der Waals surface area contributed by atoms with E-state index in [1.165, 1.54) is 0 Å². The Bertz CT molecular complexity index is 345. The van der Waals surface area contributed by atoms with Crippen molar-refractivity contribution in [1.29, 1.82) is 0 Å². The second-order valence-corrected chi connectivity index (χ2v) is 4.84. The minimum absolute atomic E-state index is 0.234. The molecule has 0 bridgehead atoms. The Morgan fingerprint density at radius 3 is 1.69 bits per heavy atom. The zero-order valence-electron chi connectivity index (χ0n) is 8.86. The Morgan fingerprint density at radius 2 is 1.25 bits per heavy atom. The van der Waals surface area contributed by atoms with Crippen LogP contribution in [0.4, 0.5) is 0 Å². The lowest BCUT2D eigenvalue weighted by molar-refractivity contribution is -0.140. The van der Waals surface area contributed by atoms with E-state index in [0.717, 1.165) is 25.7 Å². The highest BCUT2D eigenvalue weighted by Crippen LogP contribution is 2.25. The van der Waals surface area contributed by atoms with Crippen LogP contribution >= 0.6 is 0 Å². The summed E-state index contributed by atoms with van der Waals surface area (Å²) in [7, 11) is 0. The molecule has 16 heavy (non-hydrogen) atoms. The molecule has 3 aliphatic rings. The van der Waals surface area contributed by atoms with Crippen LogP contribution in [0.5, 0.6) is 0 Å². The maximum Gasteiger partial charge on any atom is 0.267 e. The quantitative estimate of drug-likeness (QED) is 0.511. The third kappa shape index (κ3) is 1.28. The van der Waals surface area contributed by atoms with Gasteiger partial charge in [0.2, 0.25) is 11.6 Å². The van der Waals surface area contributed by atoms with Gasteiger partial charge in [-0.15, -0.1) is 0 Å². The van der Waals surface area contributed by atoms with Gasteiger partial charge in [0.05, 0.1) is 12.1 Å². The number of piperazine rings is 1. The standard InChI is InChI=1S/C11H14N2O3/c14-9-7-8(10(15)11(9)16)13-6-4-2-1-3-5(6)12-7/h5-8,12-13H,1-4H2. The first-order chi connectivity index (χ1) is 7.68. The number of rotatable bonds is 0. The Hall–Kier alpha value is -1.07. The van der Waals surface area contributed by atoms with E-state index in [2.05, 4.69) is 10.6 Å². The molecule has 2 saturated carbocycles. The van der Waals surface area contributed by atoms with Crippen molar-refractivity contribution >= 4 is 17.3 Å². The summed E-state index contributed by atoms with van der Waals surface area (Å²) in [4.78, 5) is 34.4. The van der Waals surface area contributed by atoms with Crippen LogP contribution < -0.4 is 10.6 Å². The van der Waals surface area contributed by atoms with E-state index in [9.17, 15) is 14.4 Å². The second-order valence-electron chi connectivity index (χ2n) is 4.84. The van der Waals surface area contributed by atoms with E-state index in [4.69, 9.17) is 0 Å². The number of hydrogen-bond donors (Lipinski definition) is 2. The minimum atomic E-state index is -0.839. The fourth-order valence-corrected chi connectivity index (χ4v) is 3.04. The summed E-state index contributed by atoms with van der Waals surface area (Å²) in [5.74, 6) is -1.97. The van der Waals surface area contributed by atoms with Gasteiger partial charge < -0.3 is 10.6 Å². The first-order valence-corrected chi connectivity index (χ1v) is 5.83. The van der Waals surface area contributed by atoms with Gasteiger partial charge >= 0.3 is 0 Å². The number of Topliss-reactive ketones (excluding diaryl/α,β-unsaturated/α-hetero) is 3. The number of carbonyl (C=O) groups is 3. The van der Waals surface area contributed by atoms with Crippen LogP contribution in [0.2, 0.25) is 0 Å². The molecule has 1 saturated heterocycles. The van der Waals surface area contributed by atoms with Crippen molar-refractivity contribution in [2.45, 2.75) is 49.9 Å². The van der Waals surface area contributed by atoms with E-state index in [-0.39, 0.29) is 12.1 Å². The minimum Gasteiger partial charge on any atom is -0.301 e. The highest BCUT2D eigenvalue weighted by molar-refractivity contribution is 6.69. The van der Waals surface area contributed by atoms with Crippen LogP contribution in [-0.4, -0.2) is 41.5 Å². The van der Waals surface area contributed by atoms with Crippen molar-refractivity contribution in [3.63, 3.8) is 0 Å². The average Bonchev–Trinajstić information content (AvgIpc) is 2.52. The van der Waals surface area contributed by atoms with E-state index >= 15 is 0 Å². The molecule has 0 aromatic carbocycles. The molecule has 0 amide bonds. The number of nitrogens with one attached hydrogen (secondary N) is 2. The Labute approximate surface area is 93.0 Å². The summed E-state index contributed by atoms with van der Waals surface area (Å²) in [6, 6.07) is -0.756. The van der Waals surface area contributed by atoms with Crippen LogP contribution in [0.1, 0.15) is 25.7 Å². The molecule has 4 atom stereocenters. The summed E-state index contributed by atoms with van der Waals surface area (Å²) < 4.78 is 0. The molecular formula is C11H14N2O3. The summed E-state index contributed by atoms with van der Waals surface area (Å²) in [6.07, 6.45) is 4.31. The van der Waals surface area contributed by atoms with Crippen molar-refractivity contribution in [3.05, 3.63) is 0 Å². The molecule has 2 N–H and O–H groups in total. The van der Waals surface area contributed by atoms with Gasteiger partial charge in [-0.1, -0.05) is 12.8 Å².